The maximum absolute atomic E-state index is 12.0. The van der Waals surface area contributed by atoms with E-state index in [-0.39, 0.29) is 22.8 Å². The highest BCUT2D eigenvalue weighted by Crippen LogP contribution is 2.35. The van der Waals surface area contributed by atoms with Crippen molar-refractivity contribution in [2.24, 2.45) is 0 Å². The molecule has 4 nitrogen and oxygen atoms in total. The Hall–Kier alpha value is -2.62. The molecule has 19 heavy (non-hydrogen) atoms. The van der Waals surface area contributed by atoms with Gasteiger partial charge in [0.25, 0.3) is 5.78 Å². The van der Waals surface area contributed by atoms with Gasteiger partial charge in [-0.2, -0.15) is 0 Å². The summed E-state index contributed by atoms with van der Waals surface area (Å²) >= 11 is 0. The van der Waals surface area contributed by atoms with Crippen LogP contribution in [0.15, 0.2) is 53.8 Å². The third-order valence-electron chi connectivity index (χ3n) is 3.03. The number of ether oxygens (including phenoxy) is 1. The number of hydrogen-bond donors (Lipinski definition) is 1. The molecule has 2 aliphatic rings. The van der Waals surface area contributed by atoms with Crippen LogP contribution in [-0.2, 0) is 4.79 Å². The van der Waals surface area contributed by atoms with Crippen molar-refractivity contribution in [1.82, 2.24) is 0 Å². The zero-order valence-corrected chi connectivity index (χ0v) is 9.92. The highest BCUT2D eigenvalue weighted by molar-refractivity contribution is 6.50. The fourth-order valence-electron chi connectivity index (χ4n) is 2.10. The SMILES string of the molecule is O=C1C(=O)c2c(O)cccc2OC1=C1C=CC=CC1. The molecule has 0 amide bonds. The molecule has 0 saturated carbocycles. The van der Waals surface area contributed by atoms with Crippen molar-refractivity contribution in [2.45, 2.75) is 6.42 Å². The van der Waals surface area contributed by atoms with Crippen molar-refractivity contribution in [1.29, 1.82) is 0 Å². The quantitative estimate of drug-likeness (QED) is 0.570. The van der Waals surface area contributed by atoms with E-state index in [2.05, 4.69) is 0 Å². The standard InChI is InChI=1S/C15H10O4/c16-10-7-4-8-11-12(10)13(17)14(18)15(19-11)9-5-2-1-3-6-9/h1-5,7-8,16H,6H2. The molecule has 3 rings (SSSR count). The molecule has 0 saturated heterocycles. The lowest BCUT2D eigenvalue weighted by Gasteiger charge is -2.20. The highest BCUT2D eigenvalue weighted by atomic mass is 16.5. The van der Waals surface area contributed by atoms with Crippen molar-refractivity contribution < 1.29 is 19.4 Å². The van der Waals surface area contributed by atoms with Gasteiger partial charge in [-0.15, -0.1) is 0 Å². The molecule has 0 aromatic heterocycles. The molecule has 0 radical (unpaired) electrons. The first-order chi connectivity index (χ1) is 9.18. The lowest BCUT2D eigenvalue weighted by molar-refractivity contribution is -0.114. The van der Waals surface area contributed by atoms with Gasteiger partial charge in [-0.25, -0.2) is 0 Å². The third-order valence-corrected chi connectivity index (χ3v) is 3.03. The fourth-order valence-corrected chi connectivity index (χ4v) is 2.10. The Morgan fingerprint density at radius 1 is 1.11 bits per heavy atom. The summed E-state index contributed by atoms with van der Waals surface area (Å²) in [6, 6.07) is 4.48. The number of phenols is 1. The van der Waals surface area contributed by atoms with Gasteiger partial charge in [0.2, 0.25) is 5.78 Å². The number of rotatable bonds is 0. The number of benzene rings is 1. The van der Waals surface area contributed by atoms with Crippen LogP contribution >= 0.6 is 0 Å². The minimum atomic E-state index is -0.732. The molecule has 0 spiro atoms. The summed E-state index contributed by atoms with van der Waals surface area (Å²) in [7, 11) is 0. The van der Waals surface area contributed by atoms with Crippen molar-refractivity contribution in [2.75, 3.05) is 0 Å². The van der Waals surface area contributed by atoms with Crippen LogP contribution < -0.4 is 4.74 Å². The van der Waals surface area contributed by atoms with Crippen LogP contribution in [0.5, 0.6) is 11.5 Å². The summed E-state index contributed by atoms with van der Waals surface area (Å²) in [4.78, 5) is 24.1. The molecule has 0 atom stereocenters. The van der Waals surface area contributed by atoms with Gasteiger partial charge >= 0.3 is 0 Å². The molecule has 1 aromatic rings. The zero-order chi connectivity index (χ0) is 13.4. The summed E-state index contributed by atoms with van der Waals surface area (Å²) in [6.07, 6.45) is 7.80. The van der Waals surface area contributed by atoms with E-state index in [0.717, 1.165) is 0 Å². The number of aromatic hydroxyl groups is 1. The maximum Gasteiger partial charge on any atom is 0.269 e. The number of fused-ring (bicyclic) bond motifs is 1. The fraction of sp³-hybridized carbons (Fsp3) is 0.0667. The molecule has 4 heteroatoms. The summed E-state index contributed by atoms with van der Waals surface area (Å²) in [6.45, 7) is 0. The van der Waals surface area contributed by atoms with E-state index in [0.29, 0.717) is 12.0 Å². The first kappa shape index (κ1) is 11.5. The molecule has 0 bridgehead atoms. The van der Waals surface area contributed by atoms with E-state index in [1.165, 1.54) is 6.07 Å². The number of hydrogen-bond acceptors (Lipinski definition) is 4. The minimum Gasteiger partial charge on any atom is -0.507 e. The lowest BCUT2D eigenvalue weighted by atomic mass is 9.96. The van der Waals surface area contributed by atoms with E-state index in [9.17, 15) is 14.7 Å². The van der Waals surface area contributed by atoms with Crippen molar-refractivity contribution in [3.8, 4) is 11.5 Å². The Kier molecular flexibility index (Phi) is 2.56. The average molecular weight is 254 g/mol. The first-order valence-electron chi connectivity index (χ1n) is 5.83. The summed E-state index contributed by atoms with van der Waals surface area (Å²) in [5.74, 6) is -1.42. The molecule has 0 unspecified atom stereocenters. The Balaban J connectivity index is 2.15. The normalized spacial score (nSPS) is 21.3. The van der Waals surface area contributed by atoms with E-state index in [1.54, 1.807) is 24.3 Å². The van der Waals surface area contributed by atoms with E-state index in [4.69, 9.17) is 4.74 Å². The number of Topliss-reactive ketones (excluding diaryl/α,β-unsaturated/α-hetero) is 2. The van der Waals surface area contributed by atoms with Crippen LogP contribution in [0.2, 0.25) is 0 Å². The Morgan fingerprint density at radius 2 is 1.95 bits per heavy atom. The summed E-state index contributed by atoms with van der Waals surface area (Å²) in [5, 5.41) is 9.65. The molecule has 1 aliphatic heterocycles. The Labute approximate surface area is 109 Å². The smallest absolute Gasteiger partial charge is 0.269 e. The number of allylic oxidation sites excluding steroid dienone is 6. The first-order valence-corrected chi connectivity index (χ1v) is 5.83. The van der Waals surface area contributed by atoms with Crippen LogP contribution in [-0.4, -0.2) is 16.7 Å². The van der Waals surface area contributed by atoms with Gasteiger partial charge in [0.1, 0.15) is 17.1 Å². The molecular formula is C15H10O4. The second kappa shape index (κ2) is 4.24. The van der Waals surface area contributed by atoms with Crippen LogP contribution in [0, 0.1) is 0 Å². The Bertz CT molecular complexity index is 677. The van der Waals surface area contributed by atoms with Crippen LogP contribution in [0.3, 0.4) is 0 Å². The van der Waals surface area contributed by atoms with Crippen LogP contribution in [0.25, 0.3) is 0 Å². The van der Waals surface area contributed by atoms with E-state index in [1.807, 2.05) is 12.2 Å². The molecule has 1 aliphatic carbocycles. The molecule has 1 N–H and O–H groups in total. The third kappa shape index (κ3) is 1.78. The van der Waals surface area contributed by atoms with Gasteiger partial charge in [-0.05, 0) is 18.6 Å². The summed E-state index contributed by atoms with van der Waals surface area (Å²) < 4.78 is 5.50. The van der Waals surface area contributed by atoms with Crippen molar-refractivity contribution >= 4 is 11.6 Å². The largest absolute Gasteiger partial charge is 0.507 e. The number of carbonyl (C=O) groups excluding carboxylic acids is 2. The van der Waals surface area contributed by atoms with Gasteiger partial charge in [0.15, 0.2) is 5.76 Å². The van der Waals surface area contributed by atoms with Gasteiger partial charge in [0, 0.05) is 5.57 Å². The Morgan fingerprint density at radius 3 is 2.68 bits per heavy atom. The van der Waals surface area contributed by atoms with E-state index >= 15 is 0 Å². The molecule has 94 valence electrons. The highest BCUT2D eigenvalue weighted by Gasteiger charge is 2.35. The van der Waals surface area contributed by atoms with Crippen LogP contribution in [0.4, 0.5) is 0 Å². The number of ketones is 2. The molecule has 0 fully saturated rings. The van der Waals surface area contributed by atoms with Gasteiger partial charge in [-0.1, -0.05) is 30.4 Å². The lowest BCUT2D eigenvalue weighted by Crippen LogP contribution is -2.27. The predicted octanol–water partition coefficient (Wildman–Crippen LogP) is 2.31. The van der Waals surface area contributed by atoms with Gasteiger partial charge in [-0.3, -0.25) is 9.59 Å². The zero-order valence-electron chi connectivity index (χ0n) is 9.92. The average Bonchev–Trinajstić information content (AvgIpc) is 2.43. The van der Waals surface area contributed by atoms with Crippen molar-refractivity contribution in [3.63, 3.8) is 0 Å². The van der Waals surface area contributed by atoms with Gasteiger partial charge in [0.05, 0.1) is 0 Å². The maximum atomic E-state index is 12.0. The molecule has 1 aromatic carbocycles. The minimum absolute atomic E-state index is 0.0451. The number of phenolic OH excluding ortho intramolecular Hbond substituents is 1. The van der Waals surface area contributed by atoms with Crippen LogP contribution in [0.1, 0.15) is 16.8 Å². The molecular weight excluding hydrogens is 244 g/mol. The monoisotopic (exact) mass is 254 g/mol. The second-order valence-electron chi connectivity index (χ2n) is 4.26. The van der Waals surface area contributed by atoms with Gasteiger partial charge < -0.3 is 9.84 Å². The topological polar surface area (TPSA) is 63.6 Å². The van der Waals surface area contributed by atoms with Crippen molar-refractivity contribution in [3.05, 3.63) is 59.4 Å². The second-order valence-corrected chi connectivity index (χ2v) is 4.26. The summed E-state index contributed by atoms with van der Waals surface area (Å²) in [5.41, 5.74) is 0.599. The van der Waals surface area contributed by atoms with E-state index < -0.39 is 11.6 Å². The predicted molar refractivity (Wildman–Crippen MR) is 68.0 cm³/mol. The number of carbonyl (C=O) groups is 2. The molecule has 1 heterocycles.